The number of furan rings is 1. The maximum Gasteiger partial charge on any atom is 0.239 e. The normalized spacial score (nSPS) is 22.8. The van der Waals surface area contributed by atoms with Crippen LogP contribution in [0.25, 0.3) is 0 Å². The van der Waals surface area contributed by atoms with E-state index in [-0.39, 0.29) is 17.9 Å². The Balaban J connectivity index is 1.45. The molecule has 2 amide bonds. The highest BCUT2D eigenvalue weighted by atomic mass is 16.3. The quantitative estimate of drug-likeness (QED) is 0.875. The predicted octanol–water partition coefficient (Wildman–Crippen LogP) is 3.13. The Hall–Kier alpha value is -2.56. The first-order valence-corrected chi connectivity index (χ1v) is 8.88. The number of nitrogens with one attached hydrogen (secondary N) is 1. The number of carbonyl (C=O) groups excluding carboxylic acids is 2. The zero-order valence-corrected chi connectivity index (χ0v) is 14.3. The van der Waals surface area contributed by atoms with Gasteiger partial charge in [-0.25, -0.2) is 0 Å². The lowest BCUT2D eigenvalue weighted by Gasteiger charge is -2.24. The van der Waals surface area contributed by atoms with E-state index in [1.54, 1.807) is 11.2 Å². The van der Waals surface area contributed by atoms with E-state index in [1.165, 1.54) is 0 Å². The fourth-order valence-corrected chi connectivity index (χ4v) is 3.81. The van der Waals surface area contributed by atoms with Gasteiger partial charge in [0, 0.05) is 24.2 Å². The van der Waals surface area contributed by atoms with Gasteiger partial charge < -0.3 is 14.6 Å². The van der Waals surface area contributed by atoms with E-state index in [9.17, 15) is 9.59 Å². The summed E-state index contributed by atoms with van der Waals surface area (Å²) in [6.45, 7) is 2.60. The molecule has 5 heteroatoms. The van der Waals surface area contributed by atoms with Crippen molar-refractivity contribution in [1.29, 1.82) is 0 Å². The van der Waals surface area contributed by atoms with Gasteiger partial charge in [-0.05, 0) is 44.4 Å². The molecule has 130 valence electrons. The molecule has 2 atom stereocenters. The first-order valence-electron chi connectivity index (χ1n) is 8.88. The van der Waals surface area contributed by atoms with Crippen molar-refractivity contribution in [3.63, 3.8) is 0 Å². The first kappa shape index (κ1) is 15.9. The third-order valence-electron chi connectivity index (χ3n) is 5.24. The van der Waals surface area contributed by atoms with Crippen molar-refractivity contribution in [1.82, 2.24) is 5.32 Å². The first-order chi connectivity index (χ1) is 12.1. The summed E-state index contributed by atoms with van der Waals surface area (Å²) in [5.41, 5.74) is 3.07. The summed E-state index contributed by atoms with van der Waals surface area (Å²) in [4.78, 5) is 27.1. The number of benzene rings is 1. The molecule has 0 saturated carbocycles. The van der Waals surface area contributed by atoms with E-state index in [1.807, 2.05) is 37.3 Å². The number of rotatable bonds is 3. The van der Waals surface area contributed by atoms with Crippen molar-refractivity contribution in [2.24, 2.45) is 5.92 Å². The summed E-state index contributed by atoms with van der Waals surface area (Å²) in [6, 6.07) is 9.72. The summed E-state index contributed by atoms with van der Waals surface area (Å²) in [6.07, 6.45) is 5.02. The molecule has 5 nitrogen and oxygen atoms in total. The van der Waals surface area contributed by atoms with Crippen LogP contribution in [0.15, 0.2) is 41.0 Å². The zero-order valence-electron chi connectivity index (χ0n) is 14.3. The summed E-state index contributed by atoms with van der Waals surface area (Å²) in [5.74, 6) is 0.0809. The summed E-state index contributed by atoms with van der Waals surface area (Å²) in [5, 5.41) is 3.07. The van der Waals surface area contributed by atoms with Gasteiger partial charge in [0.2, 0.25) is 11.8 Å². The number of nitrogens with zero attached hydrogens (tertiary/aromatic N) is 1. The van der Waals surface area contributed by atoms with Gasteiger partial charge in [-0.3, -0.25) is 9.59 Å². The fraction of sp³-hybridized carbons (Fsp3) is 0.400. The molecule has 1 N–H and O–H groups in total. The van der Waals surface area contributed by atoms with Crippen molar-refractivity contribution in [2.75, 3.05) is 11.4 Å². The SMILES string of the molecule is Cc1ccc(N2CC[C@@H](C(=O)N[C@H]3CCCc4occc43)C2=O)cc1. The Bertz CT molecular complexity index is 794. The van der Waals surface area contributed by atoms with Crippen LogP contribution in [-0.2, 0) is 16.0 Å². The minimum Gasteiger partial charge on any atom is -0.469 e. The Kier molecular flexibility index (Phi) is 4.07. The molecule has 1 saturated heterocycles. The molecule has 4 rings (SSSR count). The van der Waals surface area contributed by atoms with Gasteiger partial charge in [-0.2, -0.15) is 0 Å². The second-order valence-electron chi connectivity index (χ2n) is 6.92. The number of hydrogen-bond donors (Lipinski definition) is 1. The average Bonchev–Trinajstić information content (AvgIpc) is 3.23. The molecular formula is C20H22N2O3. The van der Waals surface area contributed by atoms with Gasteiger partial charge in [0.05, 0.1) is 12.3 Å². The minimum absolute atomic E-state index is 0.0452. The van der Waals surface area contributed by atoms with E-state index in [2.05, 4.69) is 5.32 Å². The zero-order chi connectivity index (χ0) is 17.4. The molecule has 0 spiro atoms. The van der Waals surface area contributed by atoms with Crippen molar-refractivity contribution >= 4 is 17.5 Å². The summed E-state index contributed by atoms with van der Waals surface area (Å²) >= 11 is 0. The number of hydrogen-bond acceptors (Lipinski definition) is 3. The van der Waals surface area contributed by atoms with Crippen LogP contribution in [0.2, 0.25) is 0 Å². The molecule has 1 aromatic carbocycles. The second-order valence-corrected chi connectivity index (χ2v) is 6.92. The maximum absolute atomic E-state index is 12.7. The number of aryl methyl sites for hydroxylation is 2. The number of anilines is 1. The van der Waals surface area contributed by atoms with Crippen LogP contribution >= 0.6 is 0 Å². The molecule has 2 heterocycles. The average molecular weight is 338 g/mol. The lowest BCUT2D eigenvalue weighted by atomic mass is 9.93. The van der Waals surface area contributed by atoms with Gasteiger partial charge in [0.15, 0.2) is 0 Å². The maximum atomic E-state index is 12.7. The Morgan fingerprint density at radius 3 is 2.80 bits per heavy atom. The third kappa shape index (κ3) is 2.95. The standard InChI is InChI=1S/C20H22N2O3/c1-13-5-7-14(8-6-13)22-11-9-16(20(22)24)19(23)21-17-3-2-4-18-15(17)10-12-25-18/h5-8,10,12,16-17H,2-4,9,11H2,1H3,(H,21,23)/t16-,17-/m0/s1. The molecule has 1 fully saturated rings. The van der Waals surface area contributed by atoms with Crippen molar-refractivity contribution < 1.29 is 14.0 Å². The fourth-order valence-electron chi connectivity index (χ4n) is 3.81. The van der Waals surface area contributed by atoms with Gasteiger partial charge in [0.25, 0.3) is 0 Å². The Labute approximate surface area is 147 Å². The van der Waals surface area contributed by atoms with Crippen LogP contribution in [0.5, 0.6) is 0 Å². The second kappa shape index (κ2) is 6.39. The molecule has 0 bridgehead atoms. The van der Waals surface area contributed by atoms with Crippen LogP contribution in [0, 0.1) is 12.8 Å². The number of carbonyl (C=O) groups is 2. The molecule has 0 radical (unpaired) electrons. The van der Waals surface area contributed by atoms with Crippen LogP contribution in [0.3, 0.4) is 0 Å². The molecule has 25 heavy (non-hydrogen) atoms. The highest BCUT2D eigenvalue weighted by Crippen LogP contribution is 2.32. The molecule has 0 unspecified atom stereocenters. The number of amides is 2. The molecule has 1 aliphatic carbocycles. The van der Waals surface area contributed by atoms with Crippen LogP contribution < -0.4 is 10.2 Å². The van der Waals surface area contributed by atoms with Crippen LogP contribution in [0.4, 0.5) is 5.69 Å². The molecule has 1 aromatic heterocycles. The van der Waals surface area contributed by atoms with Gasteiger partial charge in [-0.1, -0.05) is 17.7 Å². The molecule has 2 aliphatic rings. The molecular weight excluding hydrogens is 316 g/mol. The van der Waals surface area contributed by atoms with E-state index < -0.39 is 5.92 Å². The minimum atomic E-state index is -0.599. The number of fused-ring (bicyclic) bond motifs is 1. The van der Waals surface area contributed by atoms with E-state index >= 15 is 0 Å². The van der Waals surface area contributed by atoms with E-state index in [0.717, 1.165) is 41.8 Å². The lowest BCUT2D eigenvalue weighted by molar-refractivity contribution is -0.132. The summed E-state index contributed by atoms with van der Waals surface area (Å²) < 4.78 is 5.47. The highest BCUT2D eigenvalue weighted by Gasteiger charge is 2.38. The smallest absolute Gasteiger partial charge is 0.239 e. The van der Waals surface area contributed by atoms with Gasteiger partial charge in [0.1, 0.15) is 11.7 Å². The third-order valence-corrected chi connectivity index (χ3v) is 5.24. The van der Waals surface area contributed by atoms with Crippen LogP contribution in [-0.4, -0.2) is 18.4 Å². The topological polar surface area (TPSA) is 62.6 Å². The summed E-state index contributed by atoms with van der Waals surface area (Å²) in [7, 11) is 0. The lowest BCUT2D eigenvalue weighted by Crippen LogP contribution is -2.39. The van der Waals surface area contributed by atoms with Gasteiger partial charge >= 0.3 is 0 Å². The van der Waals surface area contributed by atoms with E-state index in [4.69, 9.17) is 4.42 Å². The highest BCUT2D eigenvalue weighted by molar-refractivity contribution is 6.09. The van der Waals surface area contributed by atoms with Crippen LogP contribution in [0.1, 0.15) is 42.2 Å². The predicted molar refractivity (Wildman–Crippen MR) is 94.2 cm³/mol. The van der Waals surface area contributed by atoms with Crippen molar-refractivity contribution in [3.8, 4) is 0 Å². The Morgan fingerprint density at radius 2 is 2.00 bits per heavy atom. The largest absolute Gasteiger partial charge is 0.469 e. The molecule has 2 aromatic rings. The molecule has 1 aliphatic heterocycles. The Morgan fingerprint density at radius 1 is 1.20 bits per heavy atom. The van der Waals surface area contributed by atoms with Crippen molar-refractivity contribution in [2.45, 2.75) is 38.6 Å². The monoisotopic (exact) mass is 338 g/mol. The van der Waals surface area contributed by atoms with E-state index in [0.29, 0.717) is 13.0 Å². The van der Waals surface area contributed by atoms with Crippen molar-refractivity contribution in [3.05, 3.63) is 53.5 Å². The van der Waals surface area contributed by atoms with Gasteiger partial charge in [-0.15, -0.1) is 0 Å².